The molecule has 0 atom stereocenters. The summed E-state index contributed by atoms with van der Waals surface area (Å²) in [4.78, 5) is 13.4. The number of nitrogens with two attached hydrogens (primary N) is 1. The van der Waals surface area contributed by atoms with Gasteiger partial charge in [0.15, 0.2) is 5.75 Å². The molecular formula is C18H18N2O3. The number of fused-ring (bicyclic) bond motifs is 1. The zero-order chi connectivity index (χ0) is 16.4. The number of nitrogens with zero attached hydrogens (tertiary/aromatic N) is 1. The maximum absolute atomic E-state index is 11.5. The van der Waals surface area contributed by atoms with E-state index in [2.05, 4.69) is 0 Å². The van der Waals surface area contributed by atoms with E-state index in [4.69, 9.17) is 10.5 Å². The first kappa shape index (κ1) is 15.0. The summed E-state index contributed by atoms with van der Waals surface area (Å²) in [7, 11) is 1.63. The summed E-state index contributed by atoms with van der Waals surface area (Å²) in [6.07, 6.45) is 4.63. The molecule has 0 aliphatic carbocycles. The molecule has 2 aromatic rings. The lowest BCUT2D eigenvalue weighted by Crippen LogP contribution is -2.21. The molecule has 118 valence electrons. The summed E-state index contributed by atoms with van der Waals surface area (Å²) >= 11 is 0. The smallest absolute Gasteiger partial charge is 0.252 e. The monoisotopic (exact) mass is 310 g/mol. The molecule has 1 heterocycles. The van der Waals surface area contributed by atoms with E-state index >= 15 is 0 Å². The summed E-state index contributed by atoms with van der Waals surface area (Å²) in [6, 6.07) is 11.1. The number of rotatable bonds is 4. The lowest BCUT2D eigenvalue weighted by Gasteiger charge is -2.28. The van der Waals surface area contributed by atoms with Crippen LogP contribution in [0.4, 0.5) is 5.69 Å². The van der Waals surface area contributed by atoms with Crippen LogP contribution in [-0.2, 0) is 13.0 Å². The van der Waals surface area contributed by atoms with Crippen molar-refractivity contribution in [2.75, 3.05) is 12.0 Å². The molecule has 0 saturated heterocycles. The maximum atomic E-state index is 11.5. The van der Waals surface area contributed by atoms with Crippen LogP contribution in [-0.4, -0.2) is 18.1 Å². The number of primary amides is 1. The molecule has 23 heavy (non-hydrogen) atoms. The predicted octanol–water partition coefficient (Wildman–Crippen LogP) is 2.58. The highest BCUT2D eigenvalue weighted by molar-refractivity contribution is 5.98. The number of amides is 1. The largest absolute Gasteiger partial charge is 0.505 e. The van der Waals surface area contributed by atoms with E-state index in [1.54, 1.807) is 13.2 Å². The first-order valence-electron chi connectivity index (χ1n) is 7.31. The second-order valence-corrected chi connectivity index (χ2v) is 5.40. The molecule has 0 saturated carbocycles. The third-order valence-corrected chi connectivity index (χ3v) is 3.90. The van der Waals surface area contributed by atoms with Crippen LogP contribution in [0.5, 0.6) is 11.5 Å². The highest BCUT2D eigenvalue weighted by atomic mass is 16.5. The number of methoxy groups -OCH3 is 1. The summed E-state index contributed by atoms with van der Waals surface area (Å²) in [5, 5.41) is 10.5. The molecule has 0 unspecified atom stereocenters. The topological polar surface area (TPSA) is 75.8 Å². The Morgan fingerprint density at radius 3 is 2.91 bits per heavy atom. The Labute approximate surface area is 134 Å². The van der Waals surface area contributed by atoms with Crippen molar-refractivity contribution in [2.24, 2.45) is 5.73 Å². The molecule has 0 radical (unpaired) electrons. The highest BCUT2D eigenvalue weighted by Gasteiger charge is 2.21. The van der Waals surface area contributed by atoms with Gasteiger partial charge in [0.1, 0.15) is 5.75 Å². The third-order valence-electron chi connectivity index (χ3n) is 3.90. The van der Waals surface area contributed by atoms with E-state index in [9.17, 15) is 9.90 Å². The Hall–Kier alpha value is -2.95. The second-order valence-electron chi connectivity index (χ2n) is 5.40. The second kappa shape index (κ2) is 6.04. The van der Waals surface area contributed by atoms with Crippen molar-refractivity contribution in [3.8, 4) is 11.5 Å². The van der Waals surface area contributed by atoms with Gasteiger partial charge in [-0.15, -0.1) is 0 Å². The molecule has 1 aliphatic rings. The SMILES string of the molecule is COc1cccc(CN2C=CCc3ccc(C(N)=O)c(O)c32)c1. The van der Waals surface area contributed by atoms with E-state index < -0.39 is 5.91 Å². The van der Waals surface area contributed by atoms with Crippen molar-refractivity contribution in [3.05, 3.63) is 65.4 Å². The van der Waals surface area contributed by atoms with Gasteiger partial charge in [-0.05, 0) is 35.7 Å². The van der Waals surface area contributed by atoms with Gasteiger partial charge in [-0.25, -0.2) is 0 Å². The van der Waals surface area contributed by atoms with Crippen LogP contribution in [0.2, 0.25) is 0 Å². The number of ether oxygens (including phenoxy) is 1. The minimum absolute atomic E-state index is 0.0674. The zero-order valence-electron chi connectivity index (χ0n) is 12.8. The Kier molecular flexibility index (Phi) is 3.93. The number of anilines is 1. The van der Waals surface area contributed by atoms with Crippen LogP contribution < -0.4 is 15.4 Å². The van der Waals surface area contributed by atoms with Crippen molar-refractivity contribution in [2.45, 2.75) is 13.0 Å². The number of carbonyl (C=O) groups is 1. The highest BCUT2D eigenvalue weighted by Crippen LogP contribution is 2.38. The lowest BCUT2D eigenvalue weighted by molar-refractivity contribution is 0.0998. The van der Waals surface area contributed by atoms with Gasteiger partial charge in [-0.2, -0.15) is 0 Å². The summed E-state index contributed by atoms with van der Waals surface area (Å²) in [6.45, 7) is 0.552. The number of aromatic hydroxyl groups is 1. The molecule has 1 aliphatic heterocycles. The van der Waals surface area contributed by atoms with Gasteiger partial charge >= 0.3 is 0 Å². The molecule has 3 N–H and O–H groups in total. The molecule has 0 fully saturated rings. The van der Waals surface area contributed by atoms with Gasteiger partial charge in [0.25, 0.3) is 5.91 Å². The molecule has 0 aromatic heterocycles. The lowest BCUT2D eigenvalue weighted by atomic mass is 10.0. The van der Waals surface area contributed by atoms with Gasteiger partial charge < -0.3 is 20.5 Å². The van der Waals surface area contributed by atoms with Crippen molar-refractivity contribution < 1.29 is 14.6 Å². The van der Waals surface area contributed by atoms with Crippen LogP contribution in [0.25, 0.3) is 0 Å². The number of allylic oxidation sites excluding steroid dienone is 1. The number of benzene rings is 2. The quantitative estimate of drug-likeness (QED) is 0.910. The van der Waals surface area contributed by atoms with E-state index in [0.717, 1.165) is 16.9 Å². The summed E-state index contributed by atoms with van der Waals surface area (Å²) in [5.41, 5.74) is 8.09. The number of hydrogen-bond donors (Lipinski definition) is 2. The summed E-state index contributed by atoms with van der Waals surface area (Å²) < 4.78 is 5.24. The van der Waals surface area contributed by atoms with Crippen LogP contribution in [0.1, 0.15) is 21.5 Å². The van der Waals surface area contributed by atoms with Gasteiger partial charge in [-0.3, -0.25) is 4.79 Å². The van der Waals surface area contributed by atoms with Crippen LogP contribution in [0.15, 0.2) is 48.7 Å². The standard InChI is InChI=1S/C18H18N2O3/c1-23-14-6-2-4-12(10-14)11-20-9-3-5-13-7-8-15(18(19)22)17(21)16(13)20/h2-4,6-10,21H,5,11H2,1H3,(H2,19,22). The van der Waals surface area contributed by atoms with Gasteiger partial charge in [-0.1, -0.05) is 24.3 Å². The first-order chi connectivity index (χ1) is 11.1. The van der Waals surface area contributed by atoms with Crippen LogP contribution >= 0.6 is 0 Å². The van der Waals surface area contributed by atoms with Crippen LogP contribution in [0, 0.1) is 0 Å². The molecule has 1 amide bonds. The average molecular weight is 310 g/mol. The van der Waals surface area contributed by atoms with Crippen LogP contribution in [0.3, 0.4) is 0 Å². The molecule has 5 heteroatoms. The average Bonchev–Trinajstić information content (AvgIpc) is 2.55. The van der Waals surface area contributed by atoms with E-state index in [0.29, 0.717) is 18.7 Å². The fourth-order valence-electron chi connectivity index (χ4n) is 2.79. The number of hydrogen-bond acceptors (Lipinski definition) is 4. The Bertz CT molecular complexity index is 784. The maximum Gasteiger partial charge on any atom is 0.252 e. The summed E-state index contributed by atoms with van der Waals surface area (Å²) in [5.74, 6) is 0.0715. The Balaban J connectivity index is 1.99. The van der Waals surface area contributed by atoms with E-state index in [1.165, 1.54) is 0 Å². The van der Waals surface area contributed by atoms with Crippen molar-refractivity contribution in [1.29, 1.82) is 0 Å². The van der Waals surface area contributed by atoms with Crippen molar-refractivity contribution in [1.82, 2.24) is 0 Å². The van der Waals surface area contributed by atoms with E-state index in [-0.39, 0.29) is 11.3 Å². The van der Waals surface area contributed by atoms with Gasteiger partial charge in [0, 0.05) is 12.7 Å². The van der Waals surface area contributed by atoms with Gasteiger partial charge in [0.05, 0.1) is 18.4 Å². The Morgan fingerprint density at radius 2 is 2.17 bits per heavy atom. The molecule has 3 rings (SSSR count). The normalized spacial score (nSPS) is 12.8. The van der Waals surface area contributed by atoms with E-state index in [1.807, 2.05) is 47.5 Å². The molecule has 5 nitrogen and oxygen atoms in total. The minimum Gasteiger partial charge on any atom is -0.505 e. The van der Waals surface area contributed by atoms with Crippen molar-refractivity contribution >= 4 is 11.6 Å². The first-order valence-corrected chi connectivity index (χ1v) is 7.31. The third kappa shape index (κ3) is 2.85. The van der Waals surface area contributed by atoms with Crippen molar-refractivity contribution in [3.63, 3.8) is 0 Å². The molecular weight excluding hydrogens is 292 g/mol. The Morgan fingerprint density at radius 1 is 1.35 bits per heavy atom. The molecule has 0 bridgehead atoms. The fraction of sp³-hybridized carbons (Fsp3) is 0.167. The molecule has 2 aromatic carbocycles. The zero-order valence-corrected chi connectivity index (χ0v) is 12.8. The predicted molar refractivity (Wildman–Crippen MR) is 88.6 cm³/mol. The van der Waals surface area contributed by atoms with Gasteiger partial charge in [0.2, 0.25) is 0 Å². The number of carbonyl (C=O) groups excluding carboxylic acids is 1. The fourth-order valence-corrected chi connectivity index (χ4v) is 2.79. The minimum atomic E-state index is -0.638. The molecule has 0 spiro atoms. The number of phenols is 1.